The van der Waals surface area contributed by atoms with Gasteiger partial charge in [0.2, 0.25) is 0 Å². The van der Waals surface area contributed by atoms with Crippen LogP contribution in [-0.2, 0) is 9.53 Å². The van der Waals surface area contributed by atoms with Crippen molar-refractivity contribution in [2.24, 2.45) is 0 Å². The molecule has 0 aromatic carbocycles. The highest BCUT2D eigenvalue weighted by Gasteiger charge is 2.21. The Hall–Kier alpha value is -0.640. The molecule has 1 unspecified atom stereocenters. The molecule has 0 saturated heterocycles. The fraction of sp³-hybridized carbons (Fsp3) is 0.700. The molecule has 0 N–H and O–H groups in total. The zero-order valence-electron chi connectivity index (χ0n) is 8.95. The minimum absolute atomic E-state index is 0.0916. The molecule has 1 aliphatic heterocycles. The molecule has 0 aromatic rings. The van der Waals surface area contributed by atoms with Gasteiger partial charge in [0.05, 0.1) is 12.0 Å². The molecule has 1 aliphatic rings. The van der Waals surface area contributed by atoms with E-state index in [4.69, 9.17) is 4.74 Å². The van der Waals surface area contributed by atoms with Gasteiger partial charge in [-0.05, 0) is 25.7 Å². The summed E-state index contributed by atoms with van der Waals surface area (Å²) in [6, 6.07) is 0. The number of hydrogen-bond acceptors (Lipinski definition) is 4. The van der Waals surface area contributed by atoms with Crippen LogP contribution in [-0.4, -0.2) is 29.9 Å². The second-order valence-electron chi connectivity index (χ2n) is 3.30. The molecule has 0 radical (unpaired) electrons. The summed E-state index contributed by atoms with van der Waals surface area (Å²) < 4.78 is 4.88. The van der Waals surface area contributed by atoms with Gasteiger partial charge in [-0.2, -0.15) is 0 Å². The molecule has 3 nitrogen and oxygen atoms in total. The van der Waals surface area contributed by atoms with Crippen molar-refractivity contribution in [2.45, 2.75) is 32.1 Å². The van der Waals surface area contributed by atoms with Crippen LogP contribution in [0.1, 0.15) is 26.7 Å². The highest BCUT2D eigenvalue weighted by molar-refractivity contribution is 8.02. The summed E-state index contributed by atoms with van der Waals surface area (Å²) in [4.78, 5) is 13.3. The second kappa shape index (κ2) is 5.29. The van der Waals surface area contributed by atoms with Crippen molar-refractivity contribution in [1.29, 1.82) is 0 Å². The normalized spacial score (nSPS) is 20.9. The lowest BCUT2D eigenvalue weighted by Crippen LogP contribution is -2.23. The summed E-state index contributed by atoms with van der Waals surface area (Å²) in [5.41, 5.74) is 1.27. The summed E-state index contributed by atoms with van der Waals surface area (Å²) in [7, 11) is 2.06. The van der Waals surface area contributed by atoms with Crippen molar-refractivity contribution in [2.75, 3.05) is 13.7 Å². The van der Waals surface area contributed by atoms with Gasteiger partial charge >= 0.3 is 5.97 Å². The lowest BCUT2D eigenvalue weighted by molar-refractivity contribution is -0.143. The largest absolute Gasteiger partial charge is 0.466 e. The van der Waals surface area contributed by atoms with Crippen LogP contribution in [0.4, 0.5) is 0 Å². The molecule has 14 heavy (non-hydrogen) atoms. The molecule has 1 atom stereocenters. The second-order valence-corrected chi connectivity index (χ2v) is 4.36. The van der Waals surface area contributed by atoms with Crippen LogP contribution in [0.15, 0.2) is 11.1 Å². The third-order valence-electron chi connectivity index (χ3n) is 2.28. The molecule has 0 amide bonds. The van der Waals surface area contributed by atoms with E-state index < -0.39 is 0 Å². The van der Waals surface area contributed by atoms with Crippen LogP contribution in [0.2, 0.25) is 0 Å². The topological polar surface area (TPSA) is 29.5 Å². The maximum atomic E-state index is 11.1. The molecule has 80 valence electrons. The Bertz CT molecular complexity index is 240. The first-order valence-electron chi connectivity index (χ1n) is 4.85. The summed E-state index contributed by atoms with van der Waals surface area (Å²) in [6.45, 7) is 4.39. The van der Waals surface area contributed by atoms with Crippen molar-refractivity contribution in [3.63, 3.8) is 0 Å². The number of thioether (sulfide) groups is 1. The minimum atomic E-state index is -0.0916. The molecule has 0 aliphatic carbocycles. The highest BCUT2D eigenvalue weighted by Crippen LogP contribution is 2.31. The number of hydrogen-bond donors (Lipinski definition) is 0. The molecular weight excluding hydrogens is 198 g/mol. The number of rotatable bonds is 4. The van der Waals surface area contributed by atoms with Gasteiger partial charge in [-0.15, -0.1) is 11.8 Å². The van der Waals surface area contributed by atoms with Gasteiger partial charge in [-0.25, -0.2) is 0 Å². The minimum Gasteiger partial charge on any atom is -0.466 e. The number of ether oxygens (including phenoxy) is 1. The summed E-state index contributed by atoms with van der Waals surface area (Å²) in [5.74, 6) is -0.0916. The Kier molecular flexibility index (Phi) is 4.32. The van der Waals surface area contributed by atoms with Gasteiger partial charge in [0, 0.05) is 19.2 Å². The number of carbonyl (C=O) groups is 1. The van der Waals surface area contributed by atoms with Crippen LogP contribution in [0, 0.1) is 0 Å². The molecule has 0 saturated carbocycles. The predicted octanol–water partition coefficient (Wildman–Crippen LogP) is 2.20. The van der Waals surface area contributed by atoms with Crippen molar-refractivity contribution in [3.8, 4) is 0 Å². The van der Waals surface area contributed by atoms with Crippen molar-refractivity contribution < 1.29 is 9.53 Å². The molecule has 0 bridgehead atoms. The number of allylic oxidation sites excluding steroid dienone is 1. The molecule has 0 aromatic heterocycles. The van der Waals surface area contributed by atoms with Crippen LogP contribution < -0.4 is 0 Å². The third-order valence-corrected chi connectivity index (χ3v) is 3.63. The average molecular weight is 215 g/mol. The number of carbonyl (C=O) groups excluding carboxylic acids is 1. The summed E-state index contributed by atoms with van der Waals surface area (Å²) >= 11 is 1.77. The first-order valence-corrected chi connectivity index (χ1v) is 5.80. The Morgan fingerprint density at radius 1 is 1.71 bits per heavy atom. The third kappa shape index (κ3) is 2.94. The van der Waals surface area contributed by atoms with E-state index in [1.807, 2.05) is 6.92 Å². The number of esters is 1. The van der Waals surface area contributed by atoms with E-state index >= 15 is 0 Å². The van der Waals surface area contributed by atoms with Crippen molar-refractivity contribution >= 4 is 17.7 Å². The van der Waals surface area contributed by atoms with Crippen LogP contribution in [0.25, 0.3) is 0 Å². The van der Waals surface area contributed by atoms with Crippen molar-refractivity contribution in [3.05, 3.63) is 11.1 Å². The smallest absolute Gasteiger partial charge is 0.305 e. The van der Waals surface area contributed by atoms with E-state index in [1.54, 1.807) is 11.8 Å². The van der Waals surface area contributed by atoms with Crippen LogP contribution >= 0.6 is 11.8 Å². The molecule has 4 heteroatoms. The van der Waals surface area contributed by atoms with Gasteiger partial charge < -0.3 is 9.64 Å². The highest BCUT2D eigenvalue weighted by atomic mass is 32.2. The molecular formula is C10H17NO2S. The molecule has 0 fully saturated rings. The lowest BCUT2D eigenvalue weighted by atomic mass is 10.3. The SMILES string of the molecule is CCOC(=O)CCC1SC=C(C)N1C. The van der Waals surface area contributed by atoms with Gasteiger partial charge in [0.1, 0.15) is 0 Å². The zero-order chi connectivity index (χ0) is 10.6. The first-order chi connectivity index (χ1) is 6.65. The maximum absolute atomic E-state index is 11.1. The van der Waals surface area contributed by atoms with E-state index in [0.29, 0.717) is 18.4 Å². The summed E-state index contributed by atoms with van der Waals surface area (Å²) in [6.07, 6.45) is 1.37. The Labute approximate surface area is 89.5 Å². The molecule has 1 rings (SSSR count). The average Bonchev–Trinajstić information content (AvgIpc) is 2.46. The van der Waals surface area contributed by atoms with E-state index in [0.717, 1.165) is 6.42 Å². The predicted molar refractivity (Wildman–Crippen MR) is 58.8 cm³/mol. The monoisotopic (exact) mass is 215 g/mol. The van der Waals surface area contributed by atoms with Gasteiger partial charge in [0.15, 0.2) is 0 Å². The van der Waals surface area contributed by atoms with E-state index in [1.165, 1.54) is 5.70 Å². The van der Waals surface area contributed by atoms with E-state index in [9.17, 15) is 4.79 Å². The Morgan fingerprint density at radius 2 is 2.43 bits per heavy atom. The van der Waals surface area contributed by atoms with Gasteiger partial charge in [-0.3, -0.25) is 4.79 Å². The van der Waals surface area contributed by atoms with E-state index in [2.05, 4.69) is 24.3 Å². The van der Waals surface area contributed by atoms with Gasteiger partial charge in [-0.1, -0.05) is 0 Å². The number of nitrogens with zero attached hydrogens (tertiary/aromatic N) is 1. The maximum Gasteiger partial charge on any atom is 0.305 e. The fourth-order valence-corrected chi connectivity index (χ4v) is 2.44. The quantitative estimate of drug-likeness (QED) is 0.672. The van der Waals surface area contributed by atoms with Crippen LogP contribution in [0.3, 0.4) is 0 Å². The molecule has 1 heterocycles. The van der Waals surface area contributed by atoms with E-state index in [-0.39, 0.29) is 5.97 Å². The Balaban J connectivity index is 2.24. The van der Waals surface area contributed by atoms with Crippen molar-refractivity contribution in [1.82, 2.24) is 4.90 Å². The zero-order valence-corrected chi connectivity index (χ0v) is 9.76. The first kappa shape index (κ1) is 11.4. The Morgan fingerprint density at radius 3 is 2.93 bits per heavy atom. The molecule has 0 spiro atoms. The summed E-state index contributed by atoms with van der Waals surface area (Å²) in [5, 5.41) is 2.54. The standard InChI is InChI=1S/C10H17NO2S/c1-4-13-10(12)6-5-9-11(3)8(2)7-14-9/h7,9H,4-6H2,1-3H3. The fourth-order valence-electron chi connectivity index (χ4n) is 1.31. The van der Waals surface area contributed by atoms with Gasteiger partial charge in [0.25, 0.3) is 0 Å². The van der Waals surface area contributed by atoms with Crippen LogP contribution in [0.5, 0.6) is 0 Å². The lowest BCUT2D eigenvalue weighted by Gasteiger charge is -2.22.